The molecule has 0 atom stereocenters. The molecule has 0 fully saturated rings. The van der Waals surface area contributed by atoms with Crippen molar-refractivity contribution >= 4 is 17.5 Å². The number of nitrogens with one attached hydrogen (secondary N) is 1. The first-order valence-corrected chi connectivity index (χ1v) is 13.4. The van der Waals surface area contributed by atoms with Gasteiger partial charge in [0.2, 0.25) is 5.76 Å². The molecule has 42 heavy (non-hydrogen) atoms. The van der Waals surface area contributed by atoms with Crippen LogP contribution < -0.4 is 14.8 Å². The van der Waals surface area contributed by atoms with Gasteiger partial charge in [-0.05, 0) is 53.8 Å². The second-order valence-electron chi connectivity index (χ2n) is 11.0. The van der Waals surface area contributed by atoms with Gasteiger partial charge in [0.25, 0.3) is 11.8 Å². The third kappa shape index (κ3) is 6.28. The van der Waals surface area contributed by atoms with Gasteiger partial charge in [-0.2, -0.15) is 5.26 Å². The third-order valence-electron chi connectivity index (χ3n) is 6.96. The van der Waals surface area contributed by atoms with E-state index in [1.807, 2.05) is 58.0 Å². The van der Waals surface area contributed by atoms with Crippen molar-refractivity contribution < 1.29 is 23.6 Å². The predicted molar refractivity (Wildman–Crippen MR) is 160 cm³/mol. The molecule has 0 spiro atoms. The molecule has 2 amide bonds. The Bertz CT molecular complexity index is 1680. The summed E-state index contributed by atoms with van der Waals surface area (Å²) >= 11 is 0. The Morgan fingerprint density at radius 2 is 1.79 bits per heavy atom. The van der Waals surface area contributed by atoms with Crippen LogP contribution in [0.2, 0.25) is 0 Å². The van der Waals surface area contributed by atoms with Gasteiger partial charge in [-0.1, -0.05) is 50.2 Å². The van der Waals surface area contributed by atoms with Crippen LogP contribution in [-0.4, -0.2) is 43.1 Å². The second kappa shape index (κ2) is 12.2. The summed E-state index contributed by atoms with van der Waals surface area (Å²) in [5, 5.41) is 16.7. The first kappa shape index (κ1) is 29.9. The Morgan fingerprint density at radius 1 is 1.05 bits per heavy atom. The maximum Gasteiger partial charge on any atom is 0.292 e. The first-order valence-electron chi connectivity index (χ1n) is 13.4. The summed E-state index contributed by atoms with van der Waals surface area (Å²) in [6.07, 6.45) is 0. The molecule has 0 aliphatic rings. The Hall–Kier alpha value is -5.10. The van der Waals surface area contributed by atoms with Crippen LogP contribution >= 0.6 is 0 Å². The molecular formula is C33H34N4O5. The third-order valence-corrected chi connectivity index (χ3v) is 6.96. The minimum atomic E-state index is -0.418. The van der Waals surface area contributed by atoms with E-state index < -0.39 is 5.91 Å². The lowest BCUT2D eigenvalue weighted by molar-refractivity contribution is 0.0742. The summed E-state index contributed by atoms with van der Waals surface area (Å²) < 4.78 is 16.3. The molecule has 1 aromatic heterocycles. The number of hydrogen-bond acceptors (Lipinski definition) is 7. The molecule has 1 heterocycles. The fourth-order valence-electron chi connectivity index (χ4n) is 4.56. The van der Waals surface area contributed by atoms with E-state index in [0.29, 0.717) is 29.2 Å². The number of rotatable bonds is 8. The molecule has 0 radical (unpaired) electrons. The van der Waals surface area contributed by atoms with E-state index in [4.69, 9.17) is 14.0 Å². The number of carbonyl (C=O) groups excluding carboxylic acids is 2. The summed E-state index contributed by atoms with van der Waals surface area (Å²) in [6.45, 7) is 8.26. The SMILES string of the molecule is COc1ccccc1CN(C)C(=O)c1cc(-c2cc(NC(=O)c3cc(C(C)(C)C)cc(C#N)c3OC)ccc2C)no1. The minimum Gasteiger partial charge on any atom is -0.496 e. The van der Waals surface area contributed by atoms with E-state index in [2.05, 4.69) is 16.5 Å². The highest BCUT2D eigenvalue weighted by atomic mass is 16.5. The highest BCUT2D eigenvalue weighted by Crippen LogP contribution is 2.33. The number of aryl methyl sites for hydroxylation is 1. The number of aromatic nitrogens is 1. The number of nitrogens with zero attached hydrogens (tertiary/aromatic N) is 3. The van der Waals surface area contributed by atoms with Crippen LogP contribution in [0.25, 0.3) is 11.3 Å². The average Bonchev–Trinajstić information content (AvgIpc) is 3.46. The fraction of sp³-hybridized carbons (Fsp3) is 0.273. The zero-order valence-electron chi connectivity index (χ0n) is 24.9. The van der Waals surface area contributed by atoms with Crippen LogP contribution in [0, 0.1) is 18.3 Å². The number of para-hydroxylation sites is 1. The first-order chi connectivity index (χ1) is 20.0. The number of ether oxygens (including phenoxy) is 2. The molecule has 0 aliphatic carbocycles. The van der Waals surface area contributed by atoms with Crippen molar-refractivity contribution in [2.75, 3.05) is 26.6 Å². The monoisotopic (exact) mass is 566 g/mol. The lowest BCUT2D eigenvalue weighted by atomic mass is 9.84. The van der Waals surface area contributed by atoms with Crippen LogP contribution in [0.5, 0.6) is 11.5 Å². The number of anilines is 1. The number of hydrogen-bond donors (Lipinski definition) is 1. The lowest BCUT2D eigenvalue weighted by Crippen LogP contribution is -2.26. The molecule has 0 unspecified atom stereocenters. The van der Waals surface area contributed by atoms with E-state index in [1.54, 1.807) is 44.5 Å². The van der Waals surface area contributed by atoms with Gasteiger partial charge in [0.1, 0.15) is 23.3 Å². The average molecular weight is 567 g/mol. The summed E-state index contributed by atoms with van der Waals surface area (Å²) in [7, 11) is 4.70. The van der Waals surface area contributed by atoms with Gasteiger partial charge in [0, 0.05) is 36.5 Å². The van der Waals surface area contributed by atoms with Crippen molar-refractivity contribution in [3.63, 3.8) is 0 Å². The number of carbonyl (C=O) groups is 2. The molecule has 216 valence electrons. The molecule has 4 rings (SSSR count). The molecule has 1 N–H and O–H groups in total. The van der Waals surface area contributed by atoms with Crippen molar-refractivity contribution in [3.8, 4) is 28.8 Å². The number of methoxy groups -OCH3 is 2. The molecule has 3 aromatic carbocycles. The molecule has 9 heteroatoms. The molecule has 4 aromatic rings. The van der Waals surface area contributed by atoms with Crippen molar-refractivity contribution in [2.45, 2.75) is 39.7 Å². The van der Waals surface area contributed by atoms with Crippen molar-refractivity contribution in [1.29, 1.82) is 5.26 Å². The van der Waals surface area contributed by atoms with Gasteiger partial charge < -0.3 is 24.2 Å². The van der Waals surface area contributed by atoms with E-state index in [9.17, 15) is 14.9 Å². The van der Waals surface area contributed by atoms with E-state index in [0.717, 1.165) is 16.7 Å². The Labute approximate surface area is 245 Å². The summed E-state index contributed by atoms with van der Waals surface area (Å²) in [5.74, 6) is 0.242. The topological polar surface area (TPSA) is 118 Å². The van der Waals surface area contributed by atoms with Crippen LogP contribution in [-0.2, 0) is 12.0 Å². The fourth-order valence-corrected chi connectivity index (χ4v) is 4.56. The van der Waals surface area contributed by atoms with E-state index >= 15 is 0 Å². The van der Waals surface area contributed by atoms with E-state index in [-0.39, 0.29) is 34.0 Å². The molecule has 0 bridgehead atoms. The summed E-state index contributed by atoms with van der Waals surface area (Å²) in [4.78, 5) is 28.1. The Kier molecular flexibility index (Phi) is 8.67. The van der Waals surface area contributed by atoms with Crippen molar-refractivity contribution in [3.05, 3.63) is 94.2 Å². The molecule has 0 saturated heterocycles. The minimum absolute atomic E-state index is 0.0870. The smallest absolute Gasteiger partial charge is 0.292 e. The highest BCUT2D eigenvalue weighted by molar-refractivity contribution is 6.07. The quantitative estimate of drug-likeness (QED) is 0.264. The molecule has 0 saturated carbocycles. The predicted octanol–water partition coefficient (Wildman–Crippen LogP) is 6.36. The van der Waals surface area contributed by atoms with Crippen LogP contribution in [0.15, 0.2) is 65.2 Å². The lowest BCUT2D eigenvalue weighted by Gasteiger charge is -2.22. The normalized spacial score (nSPS) is 11.0. The Balaban J connectivity index is 1.58. The van der Waals surface area contributed by atoms with Crippen LogP contribution in [0.1, 0.15) is 63.9 Å². The summed E-state index contributed by atoms with van der Waals surface area (Å²) in [5.41, 5.74) is 4.49. The van der Waals surface area contributed by atoms with Crippen molar-refractivity contribution in [2.24, 2.45) is 0 Å². The van der Waals surface area contributed by atoms with E-state index in [1.165, 1.54) is 12.0 Å². The van der Waals surface area contributed by atoms with Gasteiger partial charge in [0.15, 0.2) is 0 Å². The van der Waals surface area contributed by atoms with Crippen LogP contribution in [0.3, 0.4) is 0 Å². The maximum absolute atomic E-state index is 13.4. The van der Waals surface area contributed by atoms with Crippen molar-refractivity contribution in [1.82, 2.24) is 10.1 Å². The molecule has 0 aliphatic heterocycles. The Morgan fingerprint density at radius 3 is 2.45 bits per heavy atom. The van der Waals surface area contributed by atoms with Crippen LogP contribution in [0.4, 0.5) is 5.69 Å². The molecular weight excluding hydrogens is 532 g/mol. The van der Waals surface area contributed by atoms with Gasteiger partial charge in [-0.3, -0.25) is 9.59 Å². The second-order valence-corrected chi connectivity index (χ2v) is 11.0. The maximum atomic E-state index is 13.4. The number of benzene rings is 3. The van der Waals surface area contributed by atoms with Gasteiger partial charge in [0.05, 0.1) is 25.3 Å². The van der Waals surface area contributed by atoms with Gasteiger partial charge in [-0.15, -0.1) is 0 Å². The zero-order chi connectivity index (χ0) is 30.6. The standard InChI is InChI=1S/C33H34N4O5/c1-20-12-13-24(35-31(38)26-15-23(33(2,3)4)14-22(18-34)30(26)41-7)16-25(20)27-17-29(42-36-27)32(39)37(5)19-21-10-8-9-11-28(21)40-6/h8-17H,19H2,1-7H3,(H,35,38). The number of amides is 2. The zero-order valence-corrected chi connectivity index (χ0v) is 24.9. The summed E-state index contributed by atoms with van der Waals surface area (Å²) in [6, 6.07) is 20.1. The largest absolute Gasteiger partial charge is 0.496 e. The van der Waals surface area contributed by atoms with Gasteiger partial charge >= 0.3 is 0 Å². The number of nitriles is 1. The molecule has 9 nitrogen and oxygen atoms in total. The van der Waals surface area contributed by atoms with Gasteiger partial charge in [-0.25, -0.2) is 0 Å². The highest BCUT2D eigenvalue weighted by Gasteiger charge is 2.24.